The van der Waals surface area contributed by atoms with Crippen LogP contribution in [-0.4, -0.2) is 15.4 Å². The fourth-order valence-corrected chi connectivity index (χ4v) is 2.00. The molecule has 0 atom stereocenters. The average molecular weight is 270 g/mol. The lowest BCUT2D eigenvalue weighted by atomic mass is 10.2. The van der Waals surface area contributed by atoms with Gasteiger partial charge in [0.1, 0.15) is 5.03 Å². The second kappa shape index (κ2) is 4.61. The third kappa shape index (κ3) is 2.59. The van der Waals surface area contributed by atoms with Crippen LogP contribution in [0.25, 0.3) is 0 Å². The first-order valence-corrected chi connectivity index (χ1v) is 5.85. The van der Waals surface area contributed by atoms with Crippen LogP contribution in [0.4, 0.5) is 0 Å². The lowest BCUT2D eigenvalue weighted by molar-refractivity contribution is 0.911. The van der Waals surface area contributed by atoms with Crippen LogP contribution in [0.15, 0.2) is 40.0 Å². The van der Waals surface area contributed by atoms with Crippen LogP contribution >= 0.6 is 27.7 Å². The number of nitrogens with zero attached hydrogens (tertiary/aromatic N) is 2. The molecule has 0 aliphatic heterocycles. The van der Waals surface area contributed by atoms with E-state index < -0.39 is 0 Å². The van der Waals surface area contributed by atoms with Crippen molar-refractivity contribution >= 4 is 27.7 Å². The summed E-state index contributed by atoms with van der Waals surface area (Å²) in [6.45, 7) is 0. The Kier molecular flexibility index (Phi) is 3.21. The van der Waals surface area contributed by atoms with E-state index in [0.29, 0.717) is 0 Å². The van der Waals surface area contributed by atoms with Gasteiger partial charge < -0.3 is 0 Å². The normalized spacial score (nSPS) is 10.4. The van der Waals surface area contributed by atoms with Crippen molar-refractivity contribution in [2.75, 3.05) is 0 Å². The number of H-pyrrole nitrogens is 1. The zero-order valence-electron chi connectivity index (χ0n) is 7.27. The Labute approximate surface area is 94.4 Å². The van der Waals surface area contributed by atoms with Gasteiger partial charge in [-0.05, 0) is 17.7 Å². The maximum Gasteiger partial charge on any atom is 0.139 e. The fourth-order valence-electron chi connectivity index (χ4n) is 0.999. The summed E-state index contributed by atoms with van der Waals surface area (Å²) in [6, 6.07) is 8.27. The molecule has 2 rings (SSSR count). The van der Waals surface area contributed by atoms with Crippen LogP contribution < -0.4 is 0 Å². The minimum absolute atomic E-state index is 0.916. The molecule has 5 heteroatoms. The van der Waals surface area contributed by atoms with Crippen molar-refractivity contribution in [2.45, 2.75) is 10.8 Å². The van der Waals surface area contributed by atoms with Gasteiger partial charge in [0, 0.05) is 10.2 Å². The van der Waals surface area contributed by atoms with Gasteiger partial charge in [-0.1, -0.05) is 39.8 Å². The van der Waals surface area contributed by atoms with Gasteiger partial charge in [0.25, 0.3) is 0 Å². The van der Waals surface area contributed by atoms with E-state index in [1.54, 1.807) is 18.0 Å². The summed E-state index contributed by atoms with van der Waals surface area (Å²) in [4.78, 5) is 0. The van der Waals surface area contributed by atoms with Crippen molar-refractivity contribution in [3.05, 3.63) is 40.5 Å². The zero-order valence-corrected chi connectivity index (χ0v) is 9.68. The van der Waals surface area contributed by atoms with E-state index in [1.807, 2.05) is 12.1 Å². The molecule has 72 valence electrons. The van der Waals surface area contributed by atoms with Gasteiger partial charge in [-0.3, -0.25) is 0 Å². The van der Waals surface area contributed by atoms with Crippen molar-refractivity contribution in [2.24, 2.45) is 0 Å². The largest absolute Gasteiger partial charge is 0.197 e. The highest BCUT2D eigenvalue weighted by atomic mass is 79.9. The lowest BCUT2D eigenvalue weighted by Gasteiger charge is -1.98. The standard InChI is InChI=1S/C9H8BrN3S/c10-8-3-1-7(2-4-8)6-14-9-5-11-13-12-9/h1-5H,6H2,(H,11,12,13). The maximum absolute atomic E-state index is 3.97. The van der Waals surface area contributed by atoms with Gasteiger partial charge in [0.15, 0.2) is 0 Å². The van der Waals surface area contributed by atoms with Gasteiger partial charge in [-0.2, -0.15) is 10.3 Å². The number of nitrogens with one attached hydrogen (secondary N) is 1. The molecule has 1 N–H and O–H groups in total. The van der Waals surface area contributed by atoms with E-state index in [9.17, 15) is 0 Å². The minimum Gasteiger partial charge on any atom is -0.197 e. The molecule has 1 aromatic heterocycles. The van der Waals surface area contributed by atoms with Crippen LogP contribution in [0.2, 0.25) is 0 Å². The number of rotatable bonds is 3. The minimum atomic E-state index is 0.916. The summed E-state index contributed by atoms with van der Waals surface area (Å²) in [5.74, 6) is 0.916. The van der Waals surface area contributed by atoms with Gasteiger partial charge in [-0.15, -0.1) is 5.10 Å². The molecule has 0 fully saturated rings. The lowest BCUT2D eigenvalue weighted by Crippen LogP contribution is -1.80. The van der Waals surface area contributed by atoms with Crippen LogP contribution in [0.5, 0.6) is 0 Å². The molecule has 0 saturated carbocycles. The van der Waals surface area contributed by atoms with Crippen LogP contribution in [0, 0.1) is 0 Å². The number of benzene rings is 1. The average Bonchev–Trinajstić information content (AvgIpc) is 2.70. The second-order valence-corrected chi connectivity index (χ2v) is 4.63. The predicted molar refractivity (Wildman–Crippen MR) is 60.1 cm³/mol. The van der Waals surface area contributed by atoms with E-state index in [0.717, 1.165) is 15.3 Å². The van der Waals surface area contributed by atoms with E-state index >= 15 is 0 Å². The Bertz CT molecular complexity index is 385. The summed E-state index contributed by atoms with van der Waals surface area (Å²) in [7, 11) is 0. The summed E-state index contributed by atoms with van der Waals surface area (Å²) in [5.41, 5.74) is 1.28. The molecule has 1 heterocycles. The first-order valence-electron chi connectivity index (χ1n) is 4.07. The summed E-state index contributed by atoms with van der Waals surface area (Å²) in [6.07, 6.45) is 1.73. The highest BCUT2D eigenvalue weighted by Crippen LogP contribution is 2.20. The Balaban J connectivity index is 1.95. The monoisotopic (exact) mass is 269 g/mol. The SMILES string of the molecule is Brc1ccc(CSc2cn[nH]n2)cc1. The van der Waals surface area contributed by atoms with Crippen molar-refractivity contribution in [3.63, 3.8) is 0 Å². The summed E-state index contributed by atoms with van der Waals surface area (Å²) >= 11 is 5.07. The van der Waals surface area contributed by atoms with Gasteiger partial charge in [-0.25, -0.2) is 0 Å². The molecule has 1 aromatic carbocycles. The Morgan fingerprint density at radius 1 is 1.29 bits per heavy atom. The number of thioether (sulfide) groups is 1. The molecule has 2 aromatic rings. The third-order valence-corrected chi connectivity index (χ3v) is 3.19. The van der Waals surface area contributed by atoms with E-state index in [2.05, 4.69) is 43.5 Å². The van der Waals surface area contributed by atoms with Crippen molar-refractivity contribution < 1.29 is 0 Å². The molecule has 0 aliphatic rings. The molecule has 14 heavy (non-hydrogen) atoms. The predicted octanol–water partition coefficient (Wildman–Crippen LogP) is 2.86. The molecule has 0 spiro atoms. The van der Waals surface area contributed by atoms with Crippen LogP contribution in [0.1, 0.15) is 5.56 Å². The number of aromatic amines is 1. The number of halogens is 1. The smallest absolute Gasteiger partial charge is 0.139 e. The van der Waals surface area contributed by atoms with Gasteiger partial charge in [0.2, 0.25) is 0 Å². The molecule has 0 amide bonds. The highest BCUT2D eigenvalue weighted by Gasteiger charge is 1.98. The molecule has 0 aliphatic carbocycles. The number of hydrogen-bond acceptors (Lipinski definition) is 3. The van der Waals surface area contributed by atoms with Crippen LogP contribution in [-0.2, 0) is 5.75 Å². The quantitative estimate of drug-likeness (QED) is 0.872. The molecule has 3 nitrogen and oxygen atoms in total. The molecular weight excluding hydrogens is 262 g/mol. The number of aromatic nitrogens is 3. The fraction of sp³-hybridized carbons (Fsp3) is 0.111. The topological polar surface area (TPSA) is 41.6 Å². The molecule has 0 bridgehead atoms. The maximum atomic E-state index is 3.97. The first-order chi connectivity index (χ1) is 6.84. The Morgan fingerprint density at radius 2 is 2.07 bits per heavy atom. The third-order valence-electron chi connectivity index (χ3n) is 1.69. The summed E-state index contributed by atoms with van der Waals surface area (Å²) < 4.78 is 1.10. The van der Waals surface area contributed by atoms with Crippen molar-refractivity contribution in [1.29, 1.82) is 0 Å². The van der Waals surface area contributed by atoms with Crippen molar-refractivity contribution in [3.8, 4) is 0 Å². The number of hydrogen-bond donors (Lipinski definition) is 1. The Morgan fingerprint density at radius 3 is 2.71 bits per heavy atom. The van der Waals surface area contributed by atoms with E-state index in [-0.39, 0.29) is 0 Å². The first kappa shape index (κ1) is 9.73. The van der Waals surface area contributed by atoms with Crippen LogP contribution in [0.3, 0.4) is 0 Å². The molecular formula is C9H8BrN3S. The van der Waals surface area contributed by atoms with E-state index in [1.165, 1.54) is 5.56 Å². The highest BCUT2D eigenvalue weighted by molar-refractivity contribution is 9.10. The van der Waals surface area contributed by atoms with Crippen molar-refractivity contribution in [1.82, 2.24) is 15.4 Å². The second-order valence-electron chi connectivity index (χ2n) is 2.72. The van der Waals surface area contributed by atoms with Gasteiger partial charge >= 0.3 is 0 Å². The van der Waals surface area contributed by atoms with E-state index in [4.69, 9.17) is 0 Å². The Hall–Kier alpha value is -0.810. The molecule has 0 saturated heterocycles. The molecule has 0 unspecified atom stereocenters. The zero-order chi connectivity index (χ0) is 9.80. The van der Waals surface area contributed by atoms with Gasteiger partial charge in [0.05, 0.1) is 6.20 Å². The summed E-state index contributed by atoms with van der Waals surface area (Å²) in [5, 5.41) is 11.2. The molecule has 0 radical (unpaired) electrons.